The van der Waals surface area contributed by atoms with Crippen molar-refractivity contribution in [3.8, 4) is 11.1 Å². The van der Waals surface area contributed by atoms with Crippen LogP contribution in [0, 0.1) is 19.8 Å². The van der Waals surface area contributed by atoms with E-state index in [1.54, 1.807) is 0 Å². The van der Waals surface area contributed by atoms with Crippen molar-refractivity contribution >= 4 is 0 Å². The van der Waals surface area contributed by atoms with Gasteiger partial charge in [-0.15, -0.1) is 0 Å². The molecule has 0 radical (unpaired) electrons. The molecule has 0 amide bonds. The van der Waals surface area contributed by atoms with Crippen molar-refractivity contribution in [1.29, 1.82) is 0 Å². The maximum atomic E-state index is 4.61. The van der Waals surface area contributed by atoms with Crippen LogP contribution < -0.4 is 5.73 Å². The molecule has 3 rings (SSSR count). The molecular formula is C34H61N. The summed E-state index contributed by atoms with van der Waals surface area (Å²) >= 11 is 0. The summed E-state index contributed by atoms with van der Waals surface area (Å²) < 4.78 is 0. The molecule has 0 bridgehead atoms. The van der Waals surface area contributed by atoms with Gasteiger partial charge >= 0.3 is 0 Å². The zero-order chi connectivity index (χ0) is 27.5. The van der Waals surface area contributed by atoms with Crippen LogP contribution >= 0.6 is 0 Å². The molecule has 0 unspecified atom stereocenters. The van der Waals surface area contributed by atoms with Crippen molar-refractivity contribution < 1.29 is 0 Å². The van der Waals surface area contributed by atoms with Gasteiger partial charge in [-0.2, -0.15) is 0 Å². The SMILES string of the molecule is C=CN.CC.CC.CC1CCCCC1.CCCCC.CCc1ccc(-c2ccc(C)c(C)c2)cc1. The molecule has 1 heteroatoms. The molecule has 1 fully saturated rings. The Morgan fingerprint density at radius 3 is 1.54 bits per heavy atom. The summed E-state index contributed by atoms with van der Waals surface area (Å²) in [4.78, 5) is 0. The lowest BCUT2D eigenvalue weighted by atomic mass is 9.91. The van der Waals surface area contributed by atoms with Gasteiger partial charge in [-0.1, -0.05) is 156 Å². The van der Waals surface area contributed by atoms with E-state index in [0.29, 0.717) is 0 Å². The van der Waals surface area contributed by atoms with Crippen molar-refractivity contribution in [3.05, 3.63) is 71.9 Å². The minimum absolute atomic E-state index is 1.04. The minimum atomic E-state index is 1.04. The Balaban J connectivity index is -0.000000448. The molecule has 0 aromatic heterocycles. The van der Waals surface area contributed by atoms with Crippen LogP contribution in [0.1, 0.15) is 123 Å². The number of rotatable bonds is 4. The Morgan fingerprint density at radius 2 is 1.23 bits per heavy atom. The Hall–Kier alpha value is -2.02. The molecular weight excluding hydrogens is 422 g/mol. The van der Waals surface area contributed by atoms with Crippen LogP contribution in [0.4, 0.5) is 0 Å². The topological polar surface area (TPSA) is 26.0 Å². The lowest BCUT2D eigenvalue weighted by Crippen LogP contribution is -1.99. The van der Waals surface area contributed by atoms with E-state index in [2.05, 4.69) is 96.3 Å². The number of aryl methyl sites for hydroxylation is 3. The lowest BCUT2D eigenvalue weighted by molar-refractivity contribution is 0.385. The summed E-state index contributed by atoms with van der Waals surface area (Å²) in [6.45, 7) is 24.4. The van der Waals surface area contributed by atoms with Crippen LogP contribution in [0.15, 0.2) is 55.2 Å². The monoisotopic (exact) mass is 483 g/mol. The van der Waals surface area contributed by atoms with Crippen LogP contribution in [0.2, 0.25) is 0 Å². The number of hydrogen-bond acceptors (Lipinski definition) is 1. The van der Waals surface area contributed by atoms with Crippen molar-refractivity contribution in [3.63, 3.8) is 0 Å². The van der Waals surface area contributed by atoms with E-state index in [4.69, 9.17) is 0 Å². The van der Waals surface area contributed by atoms with E-state index < -0.39 is 0 Å². The van der Waals surface area contributed by atoms with E-state index in [1.165, 1.54) is 85.4 Å². The summed E-state index contributed by atoms with van der Waals surface area (Å²) in [5.41, 5.74) is 11.3. The average Bonchev–Trinajstić information content (AvgIpc) is 2.90. The number of nitrogens with two attached hydrogens (primary N) is 1. The van der Waals surface area contributed by atoms with Crippen LogP contribution in [0.3, 0.4) is 0 Å². The van der Waals surface area contributed by atoms with Gasteiger partial charge in [0, 0.05) is 0 Å². The molecule has 2 aromatic rings. The molecule has 1 saturated carbocycles. The second-order valence-electron chi connectivity index (χ2n) is 8.68. The highest BCUT2D eigenvalue weighted by molar-refractivity contribution is 5.65. The van der Waals surface area contributed by atoms with E-state index in [0.717, 1.165) is 12.3 Å². The second kappa shape index (κ2) is 28.2. The van der Waals surface area contributed by atoms with Gasteiger partial charge in [-0.05, 0) is 60.2 Å². The highest BCUT2D eigenvalue weighted by Crippen LogP contribution is 2.23. The molecule has 2 N–H and O–H groups in total. The van der Waals surface area contributed by atoms with Gasteiger partial charge in [0.05, 0.1) is 0 Å². The fraction of sp³-hybridized carbons (Fsp3) is 0.588. The summed E-state index contributed by atoms with van der Waals surface area (Å²) in [6, 6.07) is 15.5. The zero-order valence-electron chi connectivity index (χ0n) is 25.3. The molecule has 1 nitrogen and oxygen atoms in total. The summed E-state index contributed by atoms with van der Waals surface area (Å²) in [7, 11) is 0. The minimum Gasteiger partial charge on any atom is -0.405 e. The van der Waals surface area contributed by atoms with Crippen molar-refractivity contribution in [2.24, 2.45) is 11.7 Å². The smallest absolute Gasteiger partial charge is 0.0136 e. The Bertz CT molecular complexity index is 676. The number of hydrogen-bond donors (Lipinski definition) is 1. The lowest BCUT2D eigenvalue weighted by Gasteiger charge is -2.15. The molecule has 1 aliphatic rings. The first-order valence-electron chi connectivity index (χ1n) is 14.4. The Labute approximate surface area is 221 Å². The molecule has 1 aliphatic carbocycles. The van der Waals surface area contributed by atoms with E-state index >= 15 is 0 Å². The third kappa shape index (κ3) is 21.0. The zero-order valence-corrected chi connectivity index (χ0v) is 25.3. The predicted octanol–water partition coefficient (Wildman–Crippen LogP) is 11.5. The van der Waals surface area contributed by atoms with E-state index in [1.807, 2.05) is 27.7 Å². The largest absolute Gasteiger partial charge is 0.405 e. The van der Waals surface area contributed by atoms with Crippen molar-refractivity contribution in [2.75, 3.05) is 0 Å². The molecule has 0 saturated heterocycles. The predicted molar refractivity (Wildman–Crippen MR) is 165 cm³/mol. The Kier molecular flexibility index (Phi) is 30.3. The molecule has 202 valence electrons. The van der Waals surface area contributed by atoms with Gasteiger partial charge in [0.2, 0.25) is 0 Å². The third-order valence-corrected chi connectivity index (χ3v) is 5.80. The van der Waals surface area contributed by atoms with Crippen LogP contribution in [-0.2, 0) is 6.42 Å². The van der Waals surface area contributed by atoms with Gasteiger partial charge in [0.25, 0.3) is 0 Å². The first-order chi connectivity index (χ1) is 16.9. The maximum absolute atomic E-state index is 4.61. The Morgan fingerprint density at radius 1 is 0.771 bits per heavy atom. The van der Waals surface area contributed by atoms with Crippen molar-refractivity contribution in [2.45, 2.75) is 127 Å². The molecule has 2 aromatic carbocycles. The third-order valence-electron chi connectivity index (χ3n) is 5.80. The standard InChI is InChI=1S/C16H18.C7H14.C5H12.C2H5N.2C2H6/c1-4-14-6-9-15(10-7-14)16-8-5-12(2)13(3)11-16;1-7-5-3-2-4-6-7;1-3-5-4-2;1-2-3;2*1-2/h5-11H,4H2,1-3H3;7H,2-6H2,1H3;3-5H2,1-2H3;2H,1,3H2;2*1-2H3. The second-order valence-corrected chi connectivity index (χ2v) is 8.68. The first kappa shape index (κ1) is 37.5. The molecule has 0 atom stereocenters. The van der Waals surface area contributed by atoms with E-state index in [9.17, 15) is 0 Å². The molecule has 35 heavy (non-hydrogen) atoms. The highest BCUT2D eigenvalue weighted by atomic mass is 14.5. The van der Waals surface area contributed by atoms with Gasteiger partial charge in [0.15, 0.2) is 0 Å². The summed E-state index contributed by atoms with van der Waals surface area (Å²) in [5.74, 6) is 1.04. The molecule has 0 heterocycles. The van der Waals surface area contributed by atoms with E-state index in [-0.39, 0.29) is 0 Å². The fourth-order valence-electron chi connectivity index (χ4n) is 3.51. The average molecular weight is 484 g/mol. The molecule has 0 spiro atoms. The summed E-state index contributed by atoms with van der Waals surface area (Å²) in [6.07, 6.45) is 13.9. The summed E-state index contributed by atoms with van der Waals surface area (Å²) in [5, 5.41) is 0. The maximum Gasteiger partial charge on any atom is -0.0136 e. The quantitative estimate of drug-likeness (QED) is 0.459. The number of unbranched alkanes of at least 4 members (excludes halogenated alkanes) is 2. The van der Waals surface area contributed by atoms with Crippen LogP contribution in [0.5, 0.6) is 0 Å². The van der Waals surface area contributed by atoms with Gasteiger partial charge in [0.1, 0.15) is 0 Å². The van der Waals surface area contributed by atoms with Crippen LogP contribution in [0.25, 0.3) is 11.1 Å². The van der Waals surface area contributed by atoms with Crippen molar-refractivity contribution in [1.82, 2.24) is 0 Å². The normalized spacial score (nSPS) is 11.7. The van der Waals surface area contributed by atoms with Gasteiger partial charge in [-0.25, -0.2) is 0 Å². The fourth-order valence-corrected chi connectivity index (χ4v) is 3.51. The first-order valence-corrected chi connectivity index (χ1v) is 14.4. The highest BCUT2D eigenvalue weighted by Gasteiger charge is 2.06. The number of benzene rings is 2. The molecule has 0 aliphatic heterocycles. The van der Waals surface area contributed by atoms with Crippen LogP contribution in [-0.4, -0.2) is 0 Å². The van der Waals surface area contributed by atoms with Gasteiger partial charge < -0.3 is 5.73 Å². The van der Waals surface area contributed by atoms with Gasteiger partial charge in [-0.3, -0.25) is 0 Å².